The topological polar surface area (TPSA) is 32.6 Å². The third kappa shape index (κ3) is 2.66. The lowest BCUT2D eigenvalue weighted by Crippen LogP contribution is -1.84. The monoisotopic (exact) mass is 245 g/mol. The highest BCUT2D eigenvalue weighted by Gasteiger charge is 2.01. The Morgan fingerprint density at radius 1 is 1.12 bits per heavy atom. The van der Waals surface area contributed by atoms with Gasteiger partial charge in [-0.05, 0) is 30.7 Å². The average Bonchev–Trinajstić information content (AvgIpc) is 2.33. The van der Waals surface area contributed by atoms with Crippen molar-refractivity contribution >= 4 is 23.5 Å². The number of rotatable bonds is 2. The third-order valence-corrected chi connectivity index (χ3v) is 2.78. The second kappa shape index (κ2) is 5.02. The summed E-state index contributed by atoms with van der Waals surface area (Å²) in [5.74, 6) is 0.253. The van der Waals surface area contributed by atoms with Gasteiger partial charge in [-0.25, -0.2) is 0 Å². The van der Waals surface area contributed by atoms with E-state index >= 15 is 0 Å². The molecule has 3 heteroatoms. The number of para-hydroxylation sites is 2. The molecule has 2 aromatic carbocycles. The highest BCUT2D eigenvalue weighted by Crippen LogP contribution is 2.25. The zero-order valence-electron chi connectivity index (χ0n) is 9.39. The van der Waals surface area contributed by atoms with Gasteiger partial charge in [0.1, 0.15) is 5.75 Å². The highest BCUT2D eigenvalue weighted by atomic mass is 35.5. The van der Waals surface area contributed by atoms with Crippen molar-refractivity contribution in [3.05, 3.63) is 58.6 Å². The van der Waals surface area contributed by atoms with Crippen LogP contribution in [0.4, 0.5) is 5.69 Å². The number of benzene rings is 2. The van der Waals surface area contributed by atoms with Crippen molar-refractivity contribution in [3.8, 4) is 5.75 Å². The van der Waals surface area contributed by atoms with Gasteiger partial charge < -0.3 is 5.11 Å². The average molecular weight is 246 g/mol. The smallest absolute Gasteiger partial charge is 0.127 e. The maximum atomic E-state index is 9.82. The number of phenols is 1. The molecule has 2 rings (SSSR count). The molecule has 0 aromatic heterocycles. The molecule has 86 valence electrons. The Bertz CT molecular complexity index is 564. The summed E-state index contributed by atoms with van der Waals surface area (Å²) in [5.41, 5.74) is 2.20. The zero-order valence-corrected chi connectivity index (χ0v) is 10.1. The van der Waals surface area contributed by atoms with Crippen LogP contribution in [0.25, 0.3) is 0 Å². The molecule has 0 spiro atoms. The molecule has 0 amide bonds. The number of aryl methyl sites for hydroxylation is 1. The lowest BCUT2D eigenvalue weighted by atomic mass is 10.1. The van der Waals surface area contributed by atoms with E-state index in [0.717, 1.165) is 5.56 Å². The van der Waals surface area contributed by atoms with E-state index in [4.69, 9.17) is 11.6 Å². The van der Waals surface area contributed by atoms with Crippen LogP contribution in [0.3, 0.4) is 0 Å². The fraction of sp³-hybridized carbons (Fsp3) is 0.0714. The Kier molecular flexibility index (Phi) is 3.45. The third-order valence-electron chi connectivity index (χ3n) is 2.46. The van der Waals surface area contributed by atoms with Crippen LogP contribution in [0.5, 0.6) is 5.75 Å². The first-order chi connectivity index (χ1) is 8.18. The number of hydrogen-bond acceptors (Lipinski definition) is 2. The number of phenolic OH excluding ortho intramolecular Hbond substituents is 1. The molecular weight excluding hydrogens is 234 g/mol. The maximum Gasteiger partial charge on any atom is 0.127 e. The minimum atomic E-state index is 0.253. The van der Waals surface area contributed by atoms with Crippen LogP contribution in [0, 0.1) is 6.92 Å². The van der Waals surface area contributed by atoms with Crippen molar-refractivity contribution in [2.45, 2.75) is 6.92 Å². The molecule has 1 N–H and O–H groups in total. The minimum absolute atomic E-state index is 0.253. The first-order valence-electron chi connectivity index (χ1n) is 5.25. The number of aromatic hydroxyl groups is 1. The van der Waals surface area contributed by atoms with E-state index in [-0.39, 0.29) is 5.75 Å². The van der Waals surface area contributed by atoms with Gasteiger partial charge in [0.2, 0.25) is 0 Å². The Hall–Kier alpha value is -1.80. The van der Waals surface area contributed by atoms with Gasteiger partial charge in [0, 0.05) is 11.8 Å². The van der Waals surface area contributed by atoms with Crippen LogP contribution >= 0.6 is 11.6 Å². The van der Waals surface area contributed by atoms with Crippen molar-refractivity contribution in [2.24, 2.45) is 4.99 Å². The Balaban J connectivity index is 2.33. The van der Waals surface area contributed by atoms with Crippen LogP contribution in [0.1, 0.15) is 11.1 Å². The number of hydrogen-bond donors (Lipinski definition) is 1. The van der Waals surface area contributed by atoms with Gasteiger partial charge in [-0.15, -0.1) is 0 Å². The minimum Gasteiger partial charge on any atom is -0.507 e. The summed E-state index contributed by atoms with van der Waals surface area (Å²) in [7, 11) is 0. The van der Waals surface area contributed by atoms with Crippen molar-refractivity contribution in [1.82, 2.24) is 0 Å². The summed E-state index contributed by atoms with van der Waals surface area (Å²) in [5, 5.41) is 10.4. The zero-order chi connectivity index (χ0) is 12.3. The van der Waals surface area contributed by atoms with E-state index < -0.39 is 0 Å². The number of aliphatic imine (C=N–C) groups is 1. The molecule has 0 saturated heterocycles. The molecule has 0 unspecified atom stereocenters. The molecule has 0 bridgehead atoms. The second-order valence-electron chi connectivity index (χ2n) is 3.72. The van der Waals surface area contributed by atoms with Gasteiger partial charge in [0.05, 0.1) is 10.7 Å². The van der Waals surface area contributed by atoms with Crippen LogP contribution < -0.4 is 0 Å². The molecule has 2 aromatic rings. The predicted octanol–water partition coefficient (Wildman–Crippen LogP) is 4.10. The molecular formula is C14H12ClNO. The van der Waals surface area contributed by atoms with Crippen LogP contribution in [0.2, 0.25) is 5.02 Å². The molecule has 0 radical (unpaired) electrons. The van der Waals surface area contributed by atoms with Crippen LogP contribution in [0.15, 0.2) is 47.5 Å². The molecule has 0 heterocycles. The van der Waals surface area contributed by atoms with Gasteiger partial charge in [0.25, 0.3) is 0 Å². The normalized spacial score (nSPS) is 10.9. The Labute approximate surface area is 105 Å². The van der Waals surface area contributed by atoms with Gasteiger partial charge in [-0.1, -0.05) is 35.9 Å². The molecule has 0 aliphatic carbocycles. The lowest BCUT2D eigenvalue weighted by Gasteiger charge is -2.02. The van der Waals surface area contributed by atoms with Gasteiger partial charge >= 0.3 is 0 Å². The predicted molar refractivity (Wildman–Crippen MR) is 71.5 cm³/mol. The number of halogens is 1. The van der Waals surface area contributed by atoms with E-state index in [2.05, 4.69) is 4.99 Å². The van der Waals surface area contributed by atoms with E-state index in [9.17, 15) is 5.11 Å². The van der Waals surface area contributed by atoms with Crippen molar-refractivity contribution in [3.63, 3.8) is 0 Å². The lowest BCUT2D eigenvalue weighted by molar-refractivity contribution is 0.470. The van der Waals surface area contributed by atoms with Gasteiger partial charge in [-0.3, -0.25) is 4.99 Å². The summed E-state index contributed by atoms with van der Waals surface area (Å²) in [4.78, 5) is 4.26. The first-order valence-corrected chi connectivity index (χ1v) is 5.63. The molecule has 0 fully saturated rings. The van der Waals surface area contributed by atoms with E-state index in [1.165, 1.54) is 0 Å². The molecule has 0 aliphatic heterocycles. The van der Waals surface area contributed by atoms with E-state index in [1.807, 2.05) is 43.3 Å². The Morgan fingerprint density at radius 3 is 2.65 bits per heavy atom. The summed E-state index contributed by atoms with van der Waals surface area (Å²) < 4.78 is 0. The largest absolute Gasteiger partial charge is 0.507 e. The molecule has 2 nitrogen and oxygen atoms in total. The fourth-order valence-corrected chi connectivity index (χ4v) is 1.67. The van der Waals surface area contributed by atoms with Gasteiger partial charge in [-0.2, -0.15) is 0 Å². The van der Waals surface area contributed by atoms with E-state index in [1.54, 1.807) is 12.3 Å². The molecule has 17 heavy (non-hydrogen) atoms. The SMILES string of the molecule is Cc1cccc(C=Nc2ccccc2Cl)c1O. The standard InChI is InChI=1S/C14H12ClNO/c1-10-5-4-6-11(14(10)17)9-16-13-8-3-2-7-12(13)15/h2-9,17H,1H3. The highest BCUT2D eigenvalue weighted by molar-refractivity contribution is 6.33. The molecule has 0 atom stereocenters. The second-order valence-corrected chi connectivity index (χ2v) is 4.13. The summed E-state index contributed by atoms with van der Waals surface area (Å²) in [6, 6.07) is 12.9. The Morgan fingerprint density at radius 2 is 1.88 bits per heavy atom. The van der Waals surface area contributed by atoms with Crippen LogP contribution in [-0.4, -0.2) is 11.3 Å². The van der Waals surface area contributed by atoms with Gasteiger partial charge in [0.15, 0.2) is 0 Å². The number of nitrogens with zero attached hydrogens (tertiary/aromatic N) is 1. The first kappa shape index (κ1) is 11.7. The molecule has 0 aliphatic rings. The summed E-state index contributed by atoms with van der Waals surface area (Å²) in [6.07, 6.45) is 1.61. The van der Waals surface area contributed by atoms with Crippen molar-refractivity contribution in [2.75, 3.05) is 0 Å². The van der Waals surface area contributed by atoms with Crippen molar-refractivity contribution in [1.29, 1.82) is 0 Å². The van der Waals surface area contributed by atoms with Crippen LogP contribution in [-0.2, 0) is 0 Å². The van der Waals surface area contributed by atoms with E-state index in [0.29, 0.717) is 16.3 Å². The molecule has 0 saturated carbocycles. The maximum absolute atomic E-state index is 9.82. The summed E-state index contributed by atoms with van der Waals surface area (Å²) in [6.45, 7) is 1.85. The summed E-state index contributed by atoms with van der Waals surface area (Å²) >= 11 is 5.99. The quantitative estimate of drug-likeness (QED) is 0.794. The van der Waals surface area contributed by atoms with Crippen molar-refractivity contribution < 1.29 is 5.11 Å². The fourth-order valence-electron chi connectivity index (χ4n) is 1.48.